The second-order valence-corrected chi connectivity index (χ2v) is 5.19. The highest BCUT2D eigenvalue weighted by atomic mass is 16.6. The fraction of sp³-hybridized carbons (Fsp3) is 0.500. The minimum Gasteiger partial charge on any atom is -0.480 e. The SMILES string of the molecule is Cc1ccc([N+](=O)[O-])cc1N(CC(=O)O)C1CCCC1. The molecular formula is C14H18N2O4. The lowest BCUT2D eigenvalue weighted by atomic mass is 10.1. The molecule has 0 heterocycles. The molecule has 1 saturated carbocycles. The molecule has 1 aliphatic rings. The molecule has 0 amide bonds. The average molecular weight is 278 g/mol. The Labute approximate surface area is 117 Å². The molecule has 0 saturated heterocycles. The summed E-state index contributed by atoms with van der Waals surface area (Å²) < 4.78 is 0. The van der Waals surface area contributed by atoms with Crippen LogP contribution >= 0.6 is 0 Å². The number of non-ortho nitro benzene ring substituents is 1. The Hall–Kier alpha value is -2.11. The van der Waals surface area contributed by atoms with E-state index < -0.39 is 10.9 Å². The minimum atomic E-state index is -0.914. The standard InChI is InChI=1S/C14H18N2O4/c1-10-6-7-12(16(19)20)8-13(10)15(9-14(17)18)11-4-2-3-5-11/h6-8,11H,2-5,9H2,1H3,(H,17,18). The number of carbonyl (C=O) groups is 1. The van der Waals surface area contributed by atoms with E-state index in [0.717, 1.165) is 31.2 Å². The van der Waals surface area contributed by atoms with Gasteiger partial charge in [0.25, 0.3) is 5.69 Å². The fourth-order valence-electron chi connectivity index (χ4n) is 2.79. The van der Waals surface area contributed by atoms with Gasteiger partial charge in [-0.1, -0.05) is 18.9 Å². The molecule has 1 aliphatic carbocycles. The lowest BCUT2D eigenvalue weighted by Gasteiger charge is -2.30. The van der Waals surface area contributed by atoms with Crippen molar-refractivity contribution in [1.82, 2.24) is 0 Å². The average Bonchev–Trinajstić information content (AvgIpc) is 2.90. The summed E-state index contributed by atoms with van der Waals surface area (Å²) in [5.74, 6) is -0.914. The predicted molar refractivity (Wildman–Crippen MR) is 75.1 cm³/mol. The number of rotatable bonds is 5. The molecule has 1 fully saturated rings. The van der Waals surface area contributed by atoms with E-state index in [1.54, 1.807) is 11.0 Å². The summed E-state index contributed by atoms with van der Waals surface area (Å²) in [5.41, 5.74) is 1.52. The van der Waals surface area contributed by atoms with Crippen LogP contribution in [-0.2, 0) is 4.79 Å². The lowest BCUT2D eigenvalue weighted by Crippen LogP contribution is -2.38. The van der Waals surface area contributed by atoms with Gasteiger partial charge < -0.3 is 10.0 Å². The summed E-state index contributed by atoms with van der Waals surface area (Å²) in [7, 11) is 0. The van der Waals surface area contributed by atoms with E-state index >= 15 is 0 Å². The van der Waals surface area contributed by atoms with Crippen LogP contribution < -0.4 is 4.90 Å². The Kier molecular flexibility index (Phi) is 4.22. The minimum absolute atomic E-state index is 0.000939. The van der Waals surface area contributed by atoms with Crippen molar-refractivity contribution < 1.29 is 14.8 Å². The highest BCUT2D eigenvalue weighted by Gasteiger charge is 2.26. The van der Waals surface area contributed by atoms with Crippen molar-refractivity contribution in [3.05, 3.63) is 33.9 Å². The summed E-state index contributed by atoms with van der Waals surface area (Å²) in [6.07, 6.45) is 4.04. The predicted octanol–water partition coefficient (Wildman–Crippen LogP) is 2.74. The van der Waals surface area contributed by atoms with Gasteiger partial charge in [0, 0.05) is 23.9 Å². The molecule has 0 radical (unpaired) electrons. The van der Waals surface area contributed by atoms with Crippen LogP contribution in [0.2, 0.25) is 0 Å². The molecule has 108 valence electrons. The van der Waals surface area contributed by atoms with Crippen LogP contribution in [0.15, 0.2) is 18.2 Å². The Morgan fingerprint density at radius 1 is 1.45 bits per heavy atom. The Morgan fingerprint density at radius 3 is 2.65 bits per heavy atom. The topological polar surface area (TPSA) is 83.7 Å². The highest BCUT2D eigenvalue weighted by molar-refractivity contribution is 5.75. The lowest BCUT2D eigenvalue weighted by molar-refractivity contribution is -0.384. The zero-order chi connectivity index (χ0) is 14.7. The summed E-state index contributed by atoms with van der Waals surface area (Å²) in [4.78, 5) is 23.4. The summed E-state index contributed by atoms with van der Waals surface area (Å²) in [6.45, 7) is 1.73. The number of anilines is 1. The first kappa shape index (κ1) is 14.3. The second-order valence-electron chi connectivity index (χ2n) is 5.19. The third kappa shape index (κ3) is 3.07. The smallest absolute Gasteiger partial charge is 0.323 e. The Morgan fingerprint density at radius 2 is 2.10 bits per heavy atom. The van der Waals surface area contributed by atoms with Gasteiger partial charge in [0.15, 0.2) is 0 Å². The largest absolute Gasteiger partial charge is 0.480 e. The first-order valence-electron chi connectivity index (χ1n) is 6.72. The zero-order valence-corrected chi connectivity index (χ0v) is 11.4. The molecule has 6 heteroatoms. The quantitative estimate of drug-likeness (QED) is 0.661. The molecule has 0 aromatic heterocycles. The number of hydrogen-bond donors (Lipinski definition) is 1. The van der Waals surface area contributed by atoms with Gasteiger partial charge in [0.05, 0.1) is 4.92 Å². The maximum Gasteiger partial charge on any atom is 0.323 e. The van der Waals surface area contributed by atoms with Crippen LogP contribution in [0.4, 0.5) is 11.4 Å². The van der Waals surface area contributed by atoms with Crippen molar-refractivity contribution in [3.8, 4) is 0 Å². The van der Waals surface area contributed by atoms with Gasteiger partial charge in [-0.05, 0) is 25.3 Å². The van der Waals surface area contributed by atoms with E-state index in [0.29, 0.717) is 5.69 Å². The zero-order valence-electron chi connectivity index (χ0n) is 11.4. The second kappa shape index (κ2) is 5.90. The monoisotopic (exact) mass is 278 g/mol. The maximum absolute atomic E-state index is 11.1. The fourth-order valence-corrected chi connectivity index (χ4v) is 2.79. The number of carboxylic acids is 1. The number of nitro groups is 1. The first-order valence-corrected chi connectivity index (χ1v) is 6.72. The van der Waals surface area contributed by atoms with E-state index in [-0.39, 0.29) is 18.3 Å². The van der Waals surface area contributed by atoms with Gasteiger partial charge in [-0.25, -0.2) is 0 Å². The summed E-state index contributed by atoms with van der Waals surface area (Å²) in [5, 5.41) is 20.0. The molecule has 1 N–H and O–H groups in total. The van der Waals surface area contributed by atoms with E-state index in [1.807, 2.05) is 6.92 Å². The van der Waals surface area contributed by atoms with Crippen LogP contribution in [0.3, 0.4) is 0 Å². The van der Waals surface area contributed by atoms with Gasteiger partial charge in [-0.15, -0.1) is 0 Å². The van der Waals surface area contributed by atoms with Crippen molar-refractivity contribution in [2.24, 2.45) is 0 Å². The van der Waals surface area contributed by atoms with Crippen molar-refractivity contribution in [1.29, 1.82) is 0 Å². The number of benzene rings is 1. The van der Waals surface area contributed by atoms with E-state index in [9.17, 15) is 14.9 Å². The van der Waals surface area contributed by atoms with Crippen LogP contribution in [0.1, 0.15) is 31.2 Å². The van der Waals surface area contributed by atoms with Gasteiger partial charge in [0.2, 0.25) is 0 Å². The molecule has 2 rings (SSSR count). The summed E-state index contributed by atoms with van der Waals surface area (Å²) >= 11 is 0. The molecule has 1 aromatic carbocycles. The Bertz CT molecular complexity index is 524. The van der Waals surface area contributed by atoms with Crippen molar-refractivity contribution in [2.75, 3.05) is 11.4 Å². The number of aryl methyl sites for hydroxylation is 1. The third-order valence-electron chi connectivity index (χ3n) is 3.78. The van der Waals surface area contributed by atoms with Crippen LogP contribution in [-0.4, -0.2) is 28.6 Å². The molecule has 1 aromatic rings. The molecule has 0 aliphatic heterocycles. The normalized spacial score (nSPS) is 15.2. The van der Waals surface area contributed by atoms with Gasteiger partial charge in [-0.3, -0.25) is 14.9 Å². The molecule has 0 spiro atoms. The molecular weight excluding hydrogens is 260 g/mol. The molecule has 6 nitrogen and oxygen atoms in total. The number of nitro benzene ring substituents is 1. The third-order valence-corrected chi connectivity index (χ3v) is 3.78. The highest BCUT2D eigenvalue weighted by Crippen LogP contribution is 2.32. The molecule has 20 heavy (non-hydrogen) atoms. The van der Waals surface area contributed by atoms with Crippen LogP contribution in [0.5, 0.6) is 0 Å². The van der Waals surface area contributed by atoms with E-state index in [2.05, 4.69) is 0 Å². The number of aliphatic carboxylic acids is 1. The van der Waals surface area contributed by atoms with Crippen molar-refractivity contribution in [2.45, 2.75) is 38.6 Å². The van der Waals surface area contributed by atoms with Gasteiger partial charge in [0.1, 0.15) is 6.54 Å². The van der Waals surface area contributed by atoms with Gasteiger partial charge >= 0.3 is 5.97 Å². The van der Waals surface area contributed by atoms with Crippen LogP contribution in [0, 0.1) is 17.0 Å². The Balaban J connectivity index is 2.38. The number of hydrogen-bond acceptors (Lipinski definition) is 4. The van der Waals surface area contributed by atoms with Crippen molar-refractivity contribution in [3.63, 3.8) is 0 Å². The number of nitrogens with zero attached hydrogens (tertiary/aromatic N) is 2. The summed E-state index contributed by atoms with van der Waals surface area (Å²) in [6, 6.07) is 4.77. The first-order chi connectivity index (χ1) is 9.49. The van der Waals surface area contributed by atoms with Gasteiger partial charge in [-0.2, -0.15) is 0 Å². The molecule has 0 bridgehead atoms. The number of carboxylic acid groups (broad SMARTS) is 1. The van der Waals surface area contributed by atoms with E-state index in [4.69, 9.17) is 5.11 Å². The van der Waals surface area contributed by atoms with Crippen molar-refractivity contribution >= 4 is 17.3 Å². The van der Waals surface area contributed by atoms with Crippen LogP contribution in [0.25, 0.3) is 0 Å². The molecule has 0 atom stereocenters. The maximum atomic E-state index is 11.1. The molecule has 0 unspecified atom stereocenters. The van der Waals surface area contributed by atoms with E-state index in [1.165, 1.54) is 12.1 Å².